The van der Waals surface area contributed by atoms with Crippen molar-refractivity contribution in [3.05, 3.63) is 65.2 Å². The van der Waals surface area contributed by atoms with E-state index >= 15 is 0 Å². The van der Waals surface area contributed by atoms with Crippen molar-refractivity contribution in [3.8, 4) is 0 Å². The van der Waals surface area contributed by atoms with Gasteiger partial charge < -0.3 is 16.4 Å². The Bertz CT molecular complexity index is 770. The molecule has 5 heteroatoms. The largest absolute Gasteiger partial charge is 0.369 e. The van der Waals surface area contributed by atoms with Crippen molar-refractivity contribution < 1.29 is 9.59 Å². The summed E-state index contributed by atoms with van der Waals surface area (Å²) in [6.45, 7) is 2.80. The summed E-state index contributed by atoms with van der Waals surface area (Å²) in [5.41, 5.74) is 14.5. The molecule has 2 unspecified atom stereocenters. The van der Waals surface area contributed by atoms with Crippen molar-refractivity contribution in [1.82, 2.24) is 0 Å². The van der Waals surface area contributed by atoms with Crippen molar-refractivity contribution in [3.63, 3.8) is 0 Å². The first-order valence-electron chi connectivity index (χ1n) is 8.01. The standard InChI is InChI=1S/C19H21N3O2/c1-12-10-16(19(21)24)15-4-2-3-5-17(15)22(12)11-13-6-8-14(9-7-13)18(20)23/h2-9,12,16H,10-11H2,1H3,(H2,20,23)(H2,21,24). The predicted molar refractivity (Wildman–Crippen MR) is 93.6 cm³/mol. The summed E-state index contributed by atoms with van der Waals surface area (Å²) >= 11 is 0. The van der Waals surface area contributed by atoms with Crippen LogP contribution in [0.15, 0.2) is 48.5 Å². The van der Waals surface area contributed by atoms with Gasteiger partial charge in [-0.25, -0.2) is 0 Å². The third-order valence-electron chi connectivity index (χ3n) is 4.67. The molecule has 5 nitrogen and oxygen atoms in total. The maximum atomic E-state index is 11.8. The van der Waals surface area contributed by atoms with Crippen LogP contribution in [0.1, 0.15) is 40.7 Å². The van der Waals surface area contributed by atoms with Crippen LogP contribution in [0.2, 0.25) is 0 Å². The highest BCUT2D eigenvalue weighted by Crippen LogP contribution is 2.38. The molecule has 0 bridgehead atoms. The second-order valence-corrected chi connectivity index (χ2v) is 6.29. The van der Waals surface area contributed by atoms with Crippen molar-refractivity contribution in [2.75, 3.05) is 4.90 Å². The highest BCUT2D eigenvalue weighted by Gasteiger charge is 2.32. The van der Waals surface area contributed by atoms with Crippen molar-refractivity contribution >= 4 is 17.5 Å². The maximum Gasteiger partial charge on any atom is 0.248 e. The lowest BCUT2D eigenvalue weighted by Gasteiger charge is -2.40. The number of carbonyl (C=O) groups is 2. The predicted octanol–water partition coefficient (Wildman–Crippen LogP) is 2.15. The lowest BCUT2D eigenvalue weighted by Crippen LogP contribution is -2.41. The van der Waals surface area contributed by atoms with E-state index in [9.17, 15) is 9.59 Å². The van der Waals surface area contributed by atoms with Gasteiger partial charge in [0.25, 0.3) is 0 Å². The van der Waals surface area contributed by atoms with Crippen molar-refractivity contribution in [1.29, 1.82) is 0 Å². The van der Waals surface area contributed by atoms with E-state index in [0.29, 0.717) is 18.5 Å². The van der Waals surface area contributed by atoms with E-state index in [0.717, 1.165) is 16.8 Å². The van der Waals surface area contributed by atoms with Crippen LogP contribution in [0.25, 0.3) is 0 Å². The van der Waals surface area contributed by atoms with Crippen LogP contribution >= 0.6 is 0 Å². The Balaban J connectivity index is 1.91. The van der Waals surface area contributed by atoms with E-state index in [1.165, 1.54) is 0 Å². The Morgan fingerprint density at radius 1 is 1.08 bits per heavy atom. The topological polar surface area (TPSA) is 89.4 Å². The minimum Gasteiger partial charge on any atom is -0.369 e. The third kappa shape index (κ3) is 2.97. The highest BCUT2D eigenvalue weighted by molar-refractivity contribution is 5.92. The zero-order valence-electron chi connectivity index (χ0n) is 13.6. The second-order valence-electron chi connectivity index (χ2n) is 6.29. The fraction of sp³-hybridized carbons (Fsp3) is 0.263. The van der Waals surface area contributed by atoms with E-state index in [4.69, 9.17) is 11.5 Å². The number of hydrogen-bond acceptors (Lipinski definition) is 3. The van der Waals surface area contributed by atoms with Crippen molar-refractivity contribution in [2.24, 2.45) is 11.5 Å². The molecular weight excluding hydrogens is 302 g/mol. The molecule has 3 rings (SSSR count). The number of rotatable bonds is 4. The molecular formula is C19H21N3O2. The molecule has 2 aromatic rings. The van der Waals surface area contributed by atoms with Gasteiger partial charge in [0.15, 0.2) is 0 Å². The summed E-state index contributed by atoms with van der Waals surface area (Å²) in [4.78, 5) is 25.2. The SMILES string of the molecule is CC1CC(C(N)=O)c2ccccc2N1Cc1ccc(C(N)=O)cc1. The average molecular weight is 323 g/mol. The number of carbonyl (C=O) groups excluding carboxylic acids is 2. The molecule has 2 amide bonds. The van der Waals surface area contributed by atoms with E-state index < -0.39 is 5.91 Å². The van der Waals surface area contributed by atoms with Gasteiger partial charge in [0.2, 0.25) is 11.8 Å². The molecule has 24 heavy (non-hydrogen) atoms. The van der Waals surface area contributed by atoms with Crippen LogP contribution in [0.3, 0.4) is 0 Å². The van der Waals surface area contributed by atoms with Crippen LogP contribution in [-0.2, 0) is 11.3 Å². The van der Waals surface area contributed by atoms with Crippen LogP contribution in [-0.4, -0.2) is 17.9 Å². The fourth-order valence-corrected chi connectivity index (χ4v) is 3.36. The summed E-state index contributed by atoms with van der Waals surface area (Å²) in [5, 5.41) is 0. The third-order valence-corrected chi connectivity index (χ3v) is 4.67. The first kappa shape index (κ1) is 16.1. The number of benzene rings is 2. The van der Waals surface area contributed by atoms with E-state index in [-0.39, 0.29) is 17.9 Å². The molecule has 0 spiro atoms. The van der Waals surface area contributed by atoms with Gasteiger partial charge in [0.05, 0.1) is 5.92 Å². The number of anilines is 1. The number of hydrogen-bond donors (Lipinski definition) is 2. The lowest BCUT2D eigenvalue weighted by molar-refractivity contribution is -0.119. The van der Waals surface area contributed by atoms with Gasteiger partial charge in [-0.3, -0.25) is 9.59 Å². The van der Waals surface area contributed by atoms with Crippen LogP contribution in [0.4, 0.5) is 5.69 Å². The number of nitrogens with zero attached hydrogens (tertiary/aromatic N) is 1. The van der Waals surface area contributed by atoms with Gasteiger partial charge in [-0.15, -0.1) is 0 Å². The molecule has 1 aliphatic heterocycles. The molecule has 0 aliphatic carbocycles. The highest BCUT2D eigenvalue weighted by atomic mass is 16.1. The quantitative estimate of drug-likeness (QED) is 0.903. The van der Waals surface area contributed by atoms with Gasteiger partial charge in [-0.2, -0.15) is 0 Å². The van der Waals surface area contributed by atoms with E-state index in [1.807, 2.05) is 36.4 Å². The van der Waals surface area contributed by atoms with Crippen LogP contribution in [0.5, 0.6) is 0 Å². The average Bonchev–Trinajstić information content (AvgIpc) is 2.57. The van der Waals surface area contributed by atoms with Gasteiger partial charge in [0.1, 0.15) is 0 Å². The van der Waals surface area contributed by atoms with Gasteiger partial charge in [-0.05, 0) is 42.7 Å². The number of nitrogens with two attached hydrogens (primary N) is 2. The molecule has 2 aromatic carbocycles. The summed E-state index contributed by atoms with van der Waals surface area (Å²) in [6, 6.07) is 15.4. The lowest BCUT2D eigenvalue weighted by atomic mass is 9.85. The first-order chi connectivity index (χ1) is 11.5. The molecule has 0 fully saturated rings. The fourth-order valence-electron chi connectivity index (χ4n) is 3.36. The molecule has 1 aliphatic rings. The summed E-state index contributed by atoms with van der Waals surface area (Å²) in [7, 11) is 0. The van der Waals surface area contributed by atoms with Gasteiger partial charge in [0, 0.05) is 23.8 Å². The maximum absolute atomic E-state index is 11.8. The zero-order valence-corrected chi connectivity index (χ0v) is 13.6. The Hall–Kier alpha value is -2.82. The van der Waals surface area contributed by atoms with E-state index in [1.54, 1.807) is 12.1 Å². The smallest absolute Gasteiger partial charge is 0.248 e. The minimum atomic E-state index is -0.428. The monoisotopic (exact) mass is 323 g/mol. The molecule has 1 heterocycles. The molecule has 124 valence electrons. The summed E-state index contributed by atoms with van der Waals surface area (Å²) in [6.07, 6.45) is 0.700. The molecule has 2 atom stereocenters. The summed E-state index contributed by atoms with van der Waals surface area (Å²) < 4.78 is 0. The number of primary amides is 2. The first-order valence-corrected chi connectivity index (χ1v) is 8.01. The number of amides is 2. The molecule has 0 radical (unpaired) electrons. The van der Waals surface area contributed by atoms with Gasteiger partial charge in [-0.1, -0.05) is 30.3 Å². The Labute approximate surface area is 141 Å². The Kier molecular flexibility index (Phi) is 4.25. The molecule has 4 N–H and O–H groups in total. The minimum absolute atomic E-state index is 0.188. The van der Waals surface area contributed by atoms with E-state index in [2.05, 4.69) is 11.8 Å². The zero-order chi connectivity index (χ0) is 17.3. The molecule has 0 aromatic heterocycles. The normalized spacial score (nSPS) is 19.6. The Morgan fingerprint density at radius 2 is 1.75 bits per heavy atom. The number of para-hydroxylation sites is 1. The van der Waals surface area contributed by atoms with Crippen LogP contribution < -0.4 is 16.4 Å². The second kappa shape index (κ2) is 6.35. The number of fused-ring (bicyclic) bond motifs is 1. The van der Waals surface area contributed by atoms with Crippen molar-refractivity contribution in [2.45, 2.75) is 31.8 Å². The Morgan fingerprint density at radius 3 is 2.38 bits per heavy atom. The molecule has 0 saturated heterocycles. The van der Waals surface area contributed by atoms with Gasteiger partial charge >= 0.3 is 0 Å². The van der Waals surface area contributed by atoms with Crippen LogP contribution in [0, 0.1) is 0 Å². The molecule has 0 saturated carbocycles. The summed E-state index contributed by atoms with van der Waals surface area (Å²) in [5.74, 6) is -0.952.